The molecule has 24 heavy (non-hydrogen) atoms. The Bertz CT molecular complexity index is 561. The SMILES string of the molecule is NCCC[C@H](N)CNC(=O)CC(c1ccccc1)c1ccccc1. The van der Waals surface area contributed by atoms with Crippen LogP contribution in [0.25, 0.3) is 0 Å². The Labute approximate surface area is 144 Å². The van der Waals surface area contributed by atoms with Crippen molar-refractivity contribution in [1.82, 2.24) is 5.32 Å². The summed E-state index contributed by atoms with van der Waals surface area (Å²) in [7, 11) is 0. The quantitative estimate of drug-likeness (QED) is 0.662. The van der Waals surface area contributed by atoms with Crippen LogP contribution >= 0.6 is 0 Å². The van der Waals surface area contributed by atoms with Crippen molar-refractivity contribution in [1.29, 1.82) is 0 Å². The summed E-state index contributed by atoms with van der Waals surface area (Å²) >= 11 is 0. The molecule has 5 N–H and O–H groups in total. The predicted octanol–water partition coefficient (Wildman–Crippen LogP) is 2.39. The Morgan fingerprint density at radius 2 is 1.50 bits per heavy atom. The van der Waals surface area contributed by atoms with Gasteiger partial charge in [-0.25, -0.2) is 0 Å². The molecule has 0 unspecified atom stereocenters. The number of nitrogens with one attached hydrogen (secondary N) is 1. The lowest BCUT2D eigenvalue weighted by Gasteiger charge is -2.19. The molecule has 0 saturated heterocycles. The van der Waals surface area contributed by atoms with Crippen LogP contribution in [-0.4, -0.2) is 25.0 Å². The number of nitrogens with two attached hydrogens (primary N) is 2. The first-order valence-corrected chi connectivity index (χ1v) is 8.53. The van der Waals surface area contributed by atoms with Crippen LogP contribution in [-0.2, 0) is 4.79 Å². The molecule has 0 saturated carbocycles. The van der Waals surface area contributed by atoms with Gasteiger partial charge in [0.15, 0.2) is 0 Å². The maximum Gasteiger partial charge on any atom is 0.221 e. The molecule has 2 aromatic rings. The molecule has 0 aromatic heterocycles. The Morgan fingerprint density at radius 1 is 0.958 bits per heavy atom. The van der Waals surface area contributed by atoms with Gasteiger partial charge in [0.25, 0.3) is 0 Å². The molecule has 2 rings (SSSR count). The predicted molar refractivity (Wildman–Crippen MR) is 98.6 cm³/mol. The molecule has 0 heterocycles. The smallest absolute Gasteiger partial charge is 0.221 e. The molecule has 1 amide bonds. The van der Waals surface area contributed by atoms with Crippen molar-refractivity contribution < 1.29 is 4.79 Å². The minimum atomic E-state index is -0.0376. The highest BCUT2D eigenvalue weighted by Gasteiger charge is 2.18. The Morgan fingerprint density at radius 3 is 2.00 bits per heavy atom. The van der Waals surface area contributed by atoms with Crippen LogP contribution in [0.4, 0.5) is 0 Å². The average molecular weight is 325 g/mol. The lowest BCUT2D eigenvalue weighted by Crippen LogP contribution is -2.38. The van der Waals surface area contributed by atoms with E-state index in [1.165, 1.54) is 0 Å². The van der Waals surface area contributed by atoms with Crippen LogP contribution < -0.4 is 16.8 Å². The first kappa shape index (κ1) is 18.2. The molecule has 0 fully saturated rings. The minimum Gasteiger partial charge on any atom is -0.355 e. The number of carbonyl (C=O) groups excluding carboxylic acids is 1. The number of rotatable bonds is 9. The van der Waals surface area contributed by atoms with E-state index >= 15 is 0 Å². The zero-order chi connectivity index (χ0) is 17.2. The summed E-state index contributed by atoms with van der Waals surface area (Å²) in [4.78, 5) is 12.4. The van der Waals surface area contributed by atoms with Gasteiger partial charge in [-0.15, -0.1) is 0 Å². The summed E-state index contributed by atoms with van der Waals surface area (Å²) in [5.74, 6) is 0.0728. The van der Waals surface area contributed by atoms with E-state index in [1.807, 2.05) is 36.4 Å². The second-order valence-electron chi connectivity index (χ2n) is 6.07. The molecule has 2 aromatic carbocycles. The van der Waals surface area contributed by atoms with Crippen molar-refractivity contribution in [2.24, 2.45) is 11.5 Å². The van der Waals surface area contributed by atoms with Gasteiger partial charge in [-0.2, -0.15) is 0 Å². The van der Waals surface area contributed by atoms with Crippen molar-refractivity contribution in [2.75, 3.05) is 13.1 Å². The third kappa shape index (κ3) is 5.80. The van der Waals surface area contributed by atoms with Crippen molar-refractivity contribution in [3.8, 4) is 0 Å². The van der Waals surface area contributed by atoms with Crippen molar-refractivity contribution in [2.45, 2.75) is 31.2 Å². The van der Waals surface area contributed by atoms with E-state index in [0.717, 1.165) is 24.0 Å². The van der Waals surface area contributed by atoms with Crippen LogP contribution in [0.15, 0.2) is 60.7 Å². The van der Waals surface area contributed by atoms with Crippen LogP contribution in [0.2, 0.25) is 0 Å². The maximum atomic E-state index is 12.4. The van der Waals surface area contributed by atoms with Gasteiger partial charge < -0.3 is 16.8 Å². The van der Waals surface area contributed by atoms with Crippen LogP contribution in [0, 0.1) is 0 Å². The number of amides is 1. The fourth-order valence-electron chi connectivity index (χ4n) is 2.78. The molecule has 0 bridgehead atoms. The highest BCUT2D eigenvalue weighted by Crippen LogP contribution is 2.27. The number of hydrogen-bond donors (Lipinski definition) is 3. The third-order valence-electron chi connectivity index (χ3n) is 4.13. The van der Waals surface area contributed by atoms with Gasteiger partial charge in [-0.3, -0.25) is 4.79 Å². The highest BCUT2D eigenvalue weighted by atomic mass is 16.1. The first-order chi connectivity index (χ1) is 11.7. The van der Waals surface area contributed by atoms with Gasteiger partial charge in [0.05, 0.1) is 0 Å². The Kier molecular flexibility index (Phi) is 7.46. The maximum absolute atomic E-state index is 12.4. The number of benzene rings is 2. The lowest BCUT2D eigenvalue weighted by molar-refractivity contribution is -0.121. The van der Waals surface area contributed by atoms with Crippen molar-refractivity contribution >= 4 is 5.91 Å². The molecule has 4 heteroatoms. The molecule has 0 aliphatic heterocycles. The highest BCUT2D eigenvalue weighted by molar-refractivity contribution is 5.77. The zero-order valence-electron chi connectivity index (χ0n) is 14.0. The third-order valence-corrected chi connectivity index (χ3v) is 4.13. The van der Waals surface area contributed by atoms with Crippen LogP contribution in [0.1, 0.15) is 36.3 Å². The second-order valence-corrected chi connectivity index (χ2v) is 6.07. The summed E-state index contributed by atoms with van der Waals surface area (Å²) in [6.07, 6.45) is 2.13. The molecule has 4 nitrogen and oxygen atoms in total. The van der Waals surface area contributed by atoms with E-state index in [0.29, 0.717) is 19.5 Å². The Balaban J connectivity index is 2.00. The van der Waals surface area contributed by atoms with Gasteiger partial charge in [-0.1, -0.05) is 60.7 Å². The average Bonchev–Trinajstić information content (AvgIpc) is 2.64. The standard InChI is InChI=1S/C20H27N3O/c21-13-7-12-18(22)15-23-20(24)14-19(16-8-3-1-4-9-16)17-10-5-2-6-11-17/h1-6,8-11,18-19H,7,12-15,21-22H2,(H,23,24)/t18-/m0/s1. The molecule has 0 aliphatic rings. The van der Waals surface area contributed by atoms with Crippen LogP contribution in [0.5, 0.6) is 0 Å². The Hall–Kier alpha value is -2.17. The summed E-state index contributed by atoms with van der Waals surface area (Å²) in [6, 6.07) is 20.2. The second kappa shape index (κ2) is 9.85. The van der Waals surface area contributed by atoms with Crippen LogP contribution in [0.3, 0.4) is 0 Å². The zero-order valence-corrected chi connectivity index (χ0v) is 14.0. The van der Waals surface area contributed by atoms with E-state index in [9.17, 15) is 4.79 Å². The largest absolute Gasteiger partial charge is 0.355 e. The molecular weight excluding hydrogens is 298 g/mol. The summed E-state index contributed by atoms with van der Waals surface area (Å²) < 4.78 is 0. The monoisotopic (exact) mass is 325 g/mol. The molecule has 0 aliphatic carbocycles. The van der Waals surface area contributed by atoms with Crippen molar-refractivity contribution in [3.63, 3.8) is 0 Å². The van der Waals surface area contributed by atoms with Gasteiger partial charge in [0.2, 0.25) is 5.91 Å². The molecular formula is C20H27N3O. The molecule has 128 valence electrons. The topological polar surface area (TPSA) is 81.1 Å². The fraction of sp³-hybridized carbons (Fsp3) is 0.350. The fourth-order valence-corrected chi connectivity index (χ4v) is 2.78. The minimum absolute atomic E-state index is 0.0240. The van der Waals surface area contributed by atoms with E-state index in [1.54, 1.807) is 0 Å². The van der Waals surface area contributed by atoms with Gasteiger partial charge in [0, 0.05) is 24.9 Å². The molecule has 0 spiro atoms. The summed E-state index contributed by atoms with van der Waals surface area (Å²) in [5, 5.41) is 2.96. The van der Waals surface area contributed by atoms with Gasteiger partial charge in [-0.05, 0) is 30.5 Å². The van der Waals surface area contributed by atoms with E-state index in [2.05, 4.69) is 29.6 Å². The normalized spacial score (nSPS) is 12.1. The van der Waals surface area contributed by atoms with Gasteiger partial charge in [0.1, 0.15) is 0 Å². The first-order valence-electron chi connectivity index (χ1n) is 8.53. The van der Waals surface area contributed by atoms with E-state index in [-0.39, 0.29) is 17.9 Å². The summed E-state index contributed by atoms with van der Waals surface area (Å²) in [6.45, 7) is 1.13. The van der Waals surface area contributed by atoms with E-state index < -0.39 is 0 Å². The number of hydrogen-bond acceptors (Lipinski definition) is 3. The lowest BCUT2D eigenvalue weighted by atomic mass is 9.88. The van der Waals surface area contributed by atoms with E-state index in [4.69, 9.17) is 11.5 Å². The van der Waals surface area contributed by atoms with Crippen molar-refractivity contribution in [3.05, 3.63) is 71.8 Å². The molecule has 0 radical (unpaired) electrons. The number of carbonyl (C=O) groups is 1. The molecule has 1 atom stereocenters. The summed E-state index contributed by atoms with van der Waals surface area (Å²) in [5.41, 5.74) is 13.8. The van der Waals surface area contributed by atoms with Gasteiger partial charge >= 0.3 is 0 Å².